The van der Waals surface area contributed by atoms with Gasteiger partial charge in [0.15, 0.2) is 5.78 Å². The molecule has 0 aliphatic carbocycles. The zero-order valence-corrected chi connectivity index (χ0v) is 21.0. The van der Waals surface area contributed by atoms with Crippen LogP contribution in [-0.4, -0.2) is 60.7 Å². The van der Waals surface area contributed by atoms with Gasteiger partial charge in [0.1, 0.15) is 66.1 Å². The Morgan fingerprint density at radius 1 is 0.529 bits per heavy atom. The molecule has 0 unspecified atom stereocenters. The second-order valence-electron chi connectivity index (χ2n) is 9.53. The lowest BCUT2D eigenvalue weighted by Gasteiger charge is -2.15. The number of hydrogen-bond acceptors (Lipinski definition) is 2. The van der Waals surface area contributed by atoms with Crippen molar-refractivity contribution < 1.29 is 9.21 Å². The number of benzene rings is 4. The molecule has 0 radical (unpaired) electrons. The normalized spacial score (nSPS) is 11.3. The fourth-order valence-corrected chi connectivity index (χ4v) is 5.23. The van der Waals surface area contributed by atoms with Crippen LogP contribution in [0.2, 0.25) is 0 Å². The van der Waals surface area contributed by atoms with Crippen LogP contribution in [0.1, 0.15) is 15.9 Å². The van der Waals surface area contributed by atoms with Gasteiger partial charge in [0.05, 0.1) is 0 Å². The minimum atomic E-state index is 0.0371. The number of carbonyl (C=O) groups excluding carboxylic acids is 1. The minimum absolute atomic E-state index is 0.0371. The summed E-state index contributed by atoms with van der Waals surface area (Å²) >= 11 is 0. The molecule has 34 heavy (non-hydrogen) atoms. The average molecular weight is 431 g/mol. The molecule has 156 valence electrons. The molecular formula is C25H23B7O2. The first-order chi connectivity index (χ1) is 16.2. The second kappa shape index (κ2) is 8.23. The quantitative estimate of drug-likeness (QED) is 0.211. The number of carbonyl (C=O) groups is 1. The third-order valence-electron chi connectivity index (χ3n) is 7.89. The molecule has 4 aromatic carbocycles. The SMILES string of the molecule is Bc1c(B)c(B)c2c(oc3c(-c4ccc(C(=O)c5ccccc5)cc4)c(B)c(B)c(B)c32)c1B. The summed E-state index contributed by atoms with van der Waals surface area (Å²) in [7, 11) is 15.3. The van der Waals surface area contributed by atoms with Crippen molar-refractivity contribution in [1.29, 1.82) is 0 Å². The van der Waals surface area contributed by atoms with Crippen LogP contribution in [0.5, 0.6) is 0 Å². The lowest BCUT2D eigenvalue weighted by molar-refractivity contribution is 0.103. The molecular weight excluding hydrogens is 408 g/mol. The highest BCUT2D eigenvalue weighted by molar-refractivity contribution is 6.69. The van der Waals surface area contributed by atoms with Gasteiger partial charge in [-0.25, -0.2) is 0 Å². The van der Waals surface area contributed by atoms with Gasteiger partial charge in [-0.15, -0.1) is 5.46 Å². The topological polar surface area (TPSA) is 30.2 Å². The number of fused-ring (bicyclic) bond motifs is 3. The molecule has 0 aliphatic heterocycles. The zero-order valence-electron chi connectivity index (χ0n) is 21.0. The Labute approximate surface area is 206 Å². The highest BCUT2D eigenvalue weighted by atomic mass is 16.3. The maximum Gasteiger partial charge on any atom is 0.193 e. The molecule has 0 amide bonds. The van der Waals surface area contributed by atoms with Gasteiger partial charge in [-0.05, 0) is 5.56 Å². The Bertz CT molecular complexity index is 1620. The maximum absolute atomic E-state index is 12.9. The van der Waals surface area contributed by atoms with Crippen LogP contribution >= 0.6 is 0 Å². The Morgan fingerprint density at radius 3 is 1.65 bits per heavy atom. The highest BCUT2D eigenvalue weighted by Gasteiger charge is 2.22. The van der Waals surface area contributed by atoms with Crippen LogP contribution < -0.4 is 38.2 Å². The summed E-state index contributed by atoms with van der Waals surface area (Å²) in [6.45, 7) is 0. The molecule has 0 aliphatic rings. The molecule has 5 rings (SSSR count). The van der Waals surface area contributed by atoms with Crippen molar-refractivity contribution in [2.24, 2.45) is 0 Å². The molecule has 9 heteroatoms. The van der Waals surface area contributed by atoms with Gasteiger partial charge in [0.2, 0.25) is 0 Å². The molecule has 0 spiro atoms. The van der Waals surface area contributed by atoms with Crippen molar-refractivity contribution in [3.63, 3.8) is 0 Å². The van der Waals surface area contributed by atoms with Gasteiger partial charge >= 0.3 is 0 Å². The van der Waals surface area contributed by atoms with Crippen LogP contribution in [0, 0.1) is 0 Å². The fraction of sp³-hybridized carbons (Fsp3) is 0. The summed E-state index contributed by atoms with van der Waals surface area (Å²) in [6, 6.07) is 17.4. The van der Waals surface area contributed by atoms with E-state index in [1.807, 2.05) is 42.5 Å². The lowest BCUT2D eigenvalue weighted by Crippen LogP contribution is -2.47. The summed E-state index contributed by atoms with van der Waals surface area (Å²) < 4.78 is 6.68. The number of furan rings is 1. The van der Waals surface area contributed by atoms with Crippen molar-refractivity contribution in [2.45, 2.75) is 0 Å². The first-order valence-electron chi connectivity index (χ1n) is 11.8. The average Bonchev–Trinajstić information content (AvgIpc) is 3.26. The first-order valence-corrected chi connectivity index (χ1v) is 11.8. The molecule has 1 heterocycles. The summed E-state index contributed by atoms with van der Waals surface area (Å²) in [5.74, 6) is 0.0371. The van der Waals surface area contributed by atoms with Gasteiger partial charge in [0.25, 0.3) is 0 Å². The van der Waals surface area contributed by atoms with E-state index in [1.165, 1.54) is 49.0 Å². The molecule has 0 fully saturated rings. The van der Waals surface area contributed by atoms with Crippen molar-refractivity contribution in [3.8, 4) is 11.1 Å². The standard InChI is InChI=1S/C25H23B7O2/c26-16-13(10-6-8-12(9-7-10)23(33)11-4-2-1-3-5-11)24-14(17(27)19(16)29)15-18(28)20(30)21(31)22(32)25(15)34-24/h1-9H,26-32H2. The molecule has 0 saturated carbocycles. The third kappa shape index (κ3) is 3.25. The fourth-order valence-electron chi connectivity index (χ4n) is 5.23. The van der Waals surface area contributed by atoms with E-state index >= 15 is 0 Å². The van der Waals surface area contributed by atoms with Gasteiger partial charge < -0.3 is 4.42 Å². The third-order valence-corrected chi connectivity index (χ3v) is 7.89. The van der Waals surface area contributed by atoms with Crippen molar-refractivity contribution >= 4 is 121 Å². The van der Waals surface area contributed by atoms with Crippen LogP contribution in [-0.2, 0) is 0 Å². The van der Waals surface area contributed by atoms with Gasteiger partial charge in [-0.3, -0.25) is 4.79 Å². The van der Waals surface area contributed by atoms with E-state index in [4.69, 9.17) is 4.42 Å². The van der Waals surface area contributed by atoms with E-state index in [9.17, 15) is 4.79 Å². The van der Waals surface area contributed by atoms with E-state index in [0.29, 0.717) is 11.1 Å². The van der Waals surface area contributed by atoms with Crippen molar-refractivity contribution in [3.05, 3.63) is 65.7 Å². The molecule has 1 aromatic heterocycles. The Balaban J connectivity index is 1.77. The zero-order chi connectivity index (χ0) is 24.3. The summed E-state index contributed by atoms with van der Waals surface area (Å²) in [6.07, 6.45) is 0. The summed E-state index contributed by atoms with van der Waals surface area (Å²) in [5, 5.41) is 2.44. The lowest BCUT2D eigenvalue weighted by atomic mass is 9.64. The Morgan fingerprint density at radius 2 is 1.03 bits per heavy atom. The number of hydrogen-bond donors (Lipinski definition) is 0. The van der Waals surface area contributed by atoms with Gasteiger partial charge in [0, 0.05) is 27.5 Å². The molecule has 2 nitrogen and oxygen atoms in total. The maximum atomic E-state index is 12.9. The molecule has 0 bridgehead atoms. The minimum Gasteiger partial charge on any atom is -0.456 e. The van der Waals surface area contributed by atoms with E-state index < -0.39 is 0 Å². The Hall–Kier alpha value is -3.20. The van der Waals surface area contributed by atoms with Crippen molar-refractivity contribution in [1.82, 2.24) is 0 Å². The molecule has 0 atom stereocenters. The highest BCUT2D eigenvalue weighted by Crippen LogP contribution is 2.31. The van der Waals surface area contributed by atoms with Crippen molar-refractivity contribution in [2.75, 3.05) is 0 Å². The van der Waals surface area contributed by atoms with E-state index in [2.05, 4.69) is 67.1 Å². The predicted molar refractivity (Wildman–Crippen MR) is 166 cm³/mol. The number of ketones is 1. The first kappa shape index (κ1) is 22.6. The van der Waals surface area contributed by atoms with Crippen LogP contribution in [0.15, 0.2) is 59.0 Å². The summed E-state index contributed by atoms with van der Waals surface area (Å²) in [5.41, 5.74) is 14.4. The largest absolute Gasteiger partial charge is 0.456 e. The van der Waals surface area contributed by atoms with Gasteiger partial charge in [-0.1, -0.05) is 87.4 Å². The van der Waals surface area contributed by atoms with Crippen LogP contribution in [0.3, 0.4) is 0 Å². The second-order valence-corrected chi connectivity index (χ2v) is 9.53. The molecule has 0 saturated heterocycles. The van der Waals surface area contributed by atoms with E-state index in [0.717, 1.165) is 22.3 Å². The Kier molecular flexibility index (Phi) is 5.47. The van der Waals surface area contributed by atoms with E-state index in [1.54, 1.807) is 0 Å². The smallest absolute Gasteiger partial charge is 0.193 e. The summed E-state index contributed by atoms with van der Waals surface area (Å²) in [4.78, 5) is 12.9. The van der Waals surface area contributed by atoms with E-state index in [-0.39, 0.29) is 5.78 Å². The van der Waals surface area contributed by atoms with Crippen LogP contribution in [0.4, 0.5) is 0 Å². The monoisotopic (exact) mass is 432 g/mol. The molecule has 0 N–H and O–H groups in total. The van der Waals surface area contributed by atoms with Crippen LogP contribution in [0.25, 0.3) is 33.1 Å². The van der Waals surface area contributed by atoms with Gasteiger partial charge in [-0.2, -0.15) is 0 Å². The number of rotatable bonds is 3. The predicted octanol–water partition coefficient (Wildman–Crippen LogP) is -5.71. The molecule has 5 aromatic rings.